The van der Waals surface area contributed by atoms with Crippen LogP contribution < -0.4 is 11.5 Å². The normalized spacial score (nSPS) is 21.2. The number of rotatable bonds is 12. The van der Waals surface area contributed by atoms with E-state index in [0.717, 1.165) is 51.5 Å². The highest BCUT2D eigenvalue weighted by molar-refractivity contribution is 5.76. The van der Waals surface area contributed by atoms with Crippen LogP contribution in [0, 0.1) is 18.8 Å². The molecule has 0 aliphatic heterocycles. The summed E-state index contributed by atoms with van der Waals surface area (Å²) < 4.78 is 4.75. The number of aryl methyl sites for hydroxylation is 1. The summed E-state index contributed by atoms with van der Waals surface area (Å²) in [5.74, 6) is 1.21. The second-order valence-corrected chi connectivity index (χ2v) is 13.7. The molecule has 0 heterocycles. The number of nitrogens with two attached hydrogens (primary N) is 2. The number of carbonyl (C=O) groups excluding carboxylic acids is 2. The number of aliphatic imine (C=N–C) groups is 1. The lowest BCUT2D eigenvalue weighted by Crippen LogP contribution is -2.37. The largest absolute Gasteiger partial charge is 0.469 e. The molecule has 7 heteroatoms. The van der Waals surface area contributed by atoms with Gasteiger partial charge in [-0.05, 0) is 103 Å². The molecule has 2 aliphatic rings. The molecule has 2 aliphatic carbocycles. The molecule has 7 nitrogen and oxygen atoms in total. The van der Waals surface area contributed by atoms with Gasteiger partial charge in [0.05, 0.1) is 7.11 Å². The maximum absolute atomic E-state index is 13.6. The quantitative estimate of drug-likeness (QED) is 0.145. The summed E-state index contributed by atoms with van der Waals surface area (Å²) in [6.07, 6.45) is 10.1. The summed E-state index contributed by atoms with van der Waals surface area (Å²) in [6, 6.07) is 4.81. The first-order valence-electron chi connectivity index (χ1n) is 15.4. The minimum absolute atomic E-state index is 0.134. The van der Waals surface area contributed by atoms with Gasteiger partial charge in [-0.25, -0.2) is 0 Å². The van der Waals surface area contributed by atoms with Crippen LogP contribution in [0.2, 0.25) is 0 Å². The monoisotopic (exact) mass is 554 g/mol. The smallest absolute Gasteiger partial charge is 0.305 e. The fraction of sp³-hybridized carbons (Fsp3) is 0.727. The Morgan fingerprint density at radius 3 is 2.10 bits per heavy atom. The highest BCUT2D eigenvalue weighted by atomic mass is 16.5. The summed E-state index contributed by atoms with van der Waals surface area (Å²) in [5, 5.41) is 0. The Balaban J connectivity index is 1.74. The van der Waals surface area contributed by atoms with Gasteiger partial charge in [-0.3, -0.25) is 14.6 Å². The number of carbonyl (C=O) groups is 2. The van der Waals surface area contributed by atoms with E-state index < -0.39 is 0 Å². The van der Waals surface area contributed by atoms with E-state index in [1.807, 2.05) is 0 Å². The van der Waals surface area contributed by atoms with Crippen molar-refractivity contribution in [1.29, 1.82) is 0 Å². The maximum atomic E-state index is 13.6. The number of guanidine groups is 1. The van der Waals surface area contributed by atoms with Crippen LogP contribution in [0.3, 0.4) is 0 Å². The van der Waals surface area contributed by atoms with Gasteiger partial charge >= 0.3 is 5.97 Å². The number of benzene rings is 1. The lowest BCUT2D eigenvalue weighted by atomic mass is 9.62. The molecule has 1 fully saturated rings. The number of methoxy groups -OCH3 is 1. The fourth-order valence-corrected chi connectivity index (χ4v) is 6.52. The summed E-state index contributed by atoms with van der Waals surface area (Å²) >= 11 is 0. The Labute approximate surface area is 242 Å². The number of unbranched alkanes of at least 4 members (excludes halogenated alkanes) is 2. The van der Waals surface area contributed by atoms with E-state index in [9.17, 15) is 9.59 Å². The first-order chi connectivity index (χ1) is 18.8. The van der Waals surface area contributed by atoms with Crippen molar-refractivity contribution in [3.05, 3.63) is 34.4 Å². The van der Waals surface area contributed by atoms with Crippen LogP contribution in [0.1, 0.15) is 121 Å². The van der Waals surface area contributed by atoms with E-state index in [1.165, 1.54) is 42.2 Å². The van der Waals surface area contributed by atoms with Crippen LogP contribution in [0.5, 0.6) is 0 Å². The van der Waals surface area contributed by atoms with Crippen molar-refractivity contribution in [3.63, 3.8) is 0 Å². The third-order valence-corrected chi connectivity index (χ3v) is 9.50. The zero-order chi connectivity index (χ0) is 29.5. The van der Waals surface area contributed by atoms with E-state index in [1.54, 1.807) is 0 Å². The van der Waals surface area contributed by atoms with Gasteiger partial charge < -0.3 is 21.1 Å². The van der Waals surface area contributed by atoms with Crippen LogP contribution in [-0.4, -0.2) is 42.9 Å². The molecule has 40 heavy (non-hydrogen) atoms. The van der Waals surface area contributed by atoms with Crippen molar-refractivity contribution in [2.24, 2.45) is 28.3 Å². The van der Waals surface area contributed by atoms with Crippen LogP contribution >= 0.6 is 0 Å². The zero-order valence-electron chi connectivity index (χ0n) is 26.0. The molecule has 0 radical (unpaired) electrons. The van der Waals surface area contributed by atoms with E-state index in [4.69, 9.17) is 16.2 Å². The van der Waals surface area contributed by atoms with E-state index in [0.29, 0.717) is 37.8 Å². The van der Waals surface area contributed by atoms with Crippen LogP contribution in [0.15, 0.2) is 17.1 Å². The van der Waals surface area contributed by atoms with Gasteiger partial charge in [-0.1, -0.05) is 46.2 Å². The lowest BCUT2D eigenvalue weighted by Gasteiger charge is -2.42. The Morgan fingerprint density at radius 2 is 1.50 bits per heavy atom. The summed E-state index contributed by atoms with van der Waals surface area (Å²) in [6.45, 7) is 13.8. The average molecular weight is 555 g/mol. The van der Waals surface area contributed by atoms with Crippen LogP contribution in [0.4, 0.5) is 0 Å². The van der Waals surface area contributed by atoms with Gasteiger partial charge in [0.15, 0.2) is 5.96 Å². The highest BCUT2D eigenvalue weighted by Gasteiger charge is 2.37. The highest BCUT2D eigenvalue weighted by Crippen LogP contribution is 2.46. The molecule has 1 aromatic carbocycles. The van der Waals surface area contributed by atoms with E-state index in [-0.39, 0.29) is 28.7 Å². The Morgan fingerprint density at radius 1 is 0.925 bits per heavy atom. The minimum atomic E-state index is -0.183. The standard InChI is InChI=1S/C33H54N4O3/c1-23-18-27-28(33(4,5)17-16-32(27,2)3)19-26(23)22-37(29(38)10-8-7-9-11-30(39)40-6)21-25-14-12-24(13-15-25)20-36-31(34)35/h18-19,24-25H,7-17,20-22H2,1-6H3,(H4,34,35,36). The van der Waals surface area contributed by atoms with Crippen LogP contribution in [0.25, 0.3) is 0 Å². The molecule has 0 saturated heterocycles. The number of nitrogens with zero attached hydrogens (tertiary/aromatic N) is 2. The molecule has 4 N–H and O–H groups in total. The molecule has 1 amide bonds. The van der Waals surface area contributed by atoms with Gasteiger partial charge in [0.2, 0.25) is 5.91 Å². The van der Waals surface area contributed by atoms with E-state index >= 15 is 0 Å². The number of amides is 1. The molecular formula is C33H54N4O3. The lowest BCUT2D eigenvalue weighted by molar-refractivity contribution is -0.140. The topological polar surface area (TPSA) is 111 Å². The molecular weight excluding hydrogens is 500 g/mol. The maximum Gasteiger partial charge on any atom is 0.305 e. The average Bonchev–Trinajstić information content (AvgIpc) is 2.90. The zero-order valence-corrected chi connectivity index (χ0v) is 26.0. The number of esters is 1. The predicted octanol–water partition coefficient (Wildman–Crippen LogP) is 5.88. The third kappa shape index (κ3) is 8.71. The Hall–Kier alpha value is -2.57. The van der Waals surface area contributed by atoms with Crippen molar-refractivity contribution in [2.75, 3.05) is 20.2 Å². The first kappa shape index (κ1) is 32.0. The predicted molar refractivity (Wildman–Crippen MR) is 163 cm³/mol. The molecule has 0 unspecified atom stereocenters. The fourth-order valence-electron chi connectivity index (χ4n) is 6.52. The van der Waals surface area contributed by atoms with Gasteiger partial charge in [-0.2, -0.15) is 0 Å². The molecule has 0 aromatic heterocycles. The molecule has 3 rings (SSSR count). The minimum Gasteiger partial charge on any atom is -0.469 e. The van der Waals surface area contributed by atoms with Gasteiger partial charge in [0.1, 0.15) is 0 Å². The summed E-state index contributed by atoms with van der Waals surface area (Å²) in [4.78, 5) is 31.4. The van der Waals surface area contributed by atoms with Crippen LogP contribution in [-0.2, 0) is 31.7 Å². The summed E-state index contributed by atoms with van der Waals surface area (Å²) in [7, 11) is 1.42. The van der Waals surface area contributed by atoms with Gasteiger partial charge in [0.25, 0.3) is 0 Å². The molecule has 224 valence electrons. The number of hydrogen-bond donors (Lipinski definition) is 2. The van der Waals surface area contributed by atoms with Crippen molar-refractivity contribution in [1.82, 2.24) is 4.90 Å². The molecule has 1 saturated carbocycles. The van der Waals surface area contributed by atoms with Crippen molar-refractivity contribution >= 4 is 17.8 Å². The number of hydrogen-bond acceptors (Lipinski definition) is 4. The second-order valence-electron chi connectivity index (χ2n) is 13.7. The molecule has 0 spiro atoms. The van der Waals surface area contributed by atoms with Crippen molar-refractivity contribution in [2.45, 2.75) is 123 Å². The van der Waals surface area contributed by atoms with Gasteiger partial charge in [0, 0.05) is 32.5 Å². The molecule has 0 bridgehead atoms. The third-order valence-electron chi connectivity index (χ3n) is 9.50. The van der Waals surface area contributed by atoms with Crippen molar-refractivity contribution < 1.29 is 14.3 Å². The number of ether oxygens (including phenoxy) is 1. The van der Waals surface area contributed by atoms with E-state index in [2.05, 4.69) is 56.6 Å². The number of fused-ring (bicyclic) bond motifs is 1. The Kier molecular flexibility index (Phi) is 11.1. The van der Waals surface area contributed by atoms with Crippen molar-refractivity contribution in [3.8, 4) is 0 Å². The molecule has 1 aromatic rings. The first-order valence-corrected chi connectivity index (χ1v) is 15.4. The summed E-state index contributed by atoms with van der Waals surface area (Å²) in [5.41, 5.74) is 16.8. The van der Waals surface area contributed by atoms with Gasteiger partial charge in [-0.15, -0.1) is 0 Å². The molecule has 0 atom stereocenters. The second kappa shape index (κ2) is 13.9. The Bertz CT molecular complexity index is 1050. The SMILES string of the molecule is COC(=O)CCCCCC(=O)N(Cc1cc2c(cc1C)C(C)(C)CCC2(C)C)CC1CCC(CN=C(N)N)CC1.